The second-order valence-corrected chi connectivity index (χ2v) is 5.55. The molecular weight excluding hydrogens is 377 g/mol. The van der Waals surface area contributed by atoms with E-state index in [-0.39, 0.29) is 16.3 Å². The second kappa shape index (κ2) is 7.61. The van der Waals surface area contributed by atoms with Crippen LogP contribution in [0, 0.1) is 0 Å². The Morgan fingerprint density at radius 2 is 1.96 bits per heavy atom. The predicted octanol–water partition coefficient (Wildman–Crippen LogP) is 3.23. The number of anilines is 1. The minimum Gasteiger partial charge on any atom is -0.449 e. The Bertz CT molecular complexity index is 896. The number of ether oxygens (including phenoxy) is 1. The zero-order valence-corrected chi connectivity index (χ0v) is 13.9. The van der Waals surface area contributed by atoms with Gasteiger partial charge in [-0.3, -0.25) is 9.59 Å². The largest absolute Gasteiger partial charge is 0.449 e. The van der Waals surface area contributed by atoms with Crippen LogP contribution >= 0.6 is 11.6 Å². The fraction of sp³-hybridized carbons (Fsp3) is 0.188. The van der Waals surface area contributed by atoms with Gasteiger partial charge in [-0.25, -0.2) is 4.79 Å². The second-order valence-electron chi connectivity index (χ2n) is 5.14. The summed E-state index contributed by atoms with van der Waals surface area (Å²) >= 11 is 5.78. The Kier molecular flexibility index (Phi) is 5.71. The number of alkyl halides is 3. The number of esters is 1. The lowest BCUT2D eigenvalue weighted by atomic mass is 10.2. The minimum absolute atomic E-state index is 0.121. The van der Waals surface area contributed by atoms with Gasteiger partial charge in [0.25, 0.3) is 11.5 Å². The van der Waals surface area contributed by atoms with E-state index in [4.69, 9.17) is 16.3 Å². The summed E-state index contributed by atoms with van der Waals surface area (Å²) < 4.78 is 43.1. The first-order chi connectivity index (χ1) is 12.1. The molecule has 2 aromatic rings. The van der Waals surface area contributed by atoms with Crippen LogP contribution in [0.5, 0.6) is 0 Å². The number of hydrogen-bond donors (Lipinski definition) is 2. The van der Waals surface area contributed by atoms with Gasteiger partial charge < -0.3 is 15.0 Å². The Balaban J connectivity index is 2.11. The lowest BCUT2D eigenvalue weighted by Crippen LogP contribution is -2.31. The summed E-state index contributed by atoms with van der Waals surface area (Å²) in [4.78, 5) is 37.7. The molecule has 0 saturated heterocycles. The zero-order valence-electron chi connectivity index (χ0n) is 13.2. The van der Waals surface area contributed by atoms with Gasteiger partial charge in [0.1, 0.15) is 5.56 Å². The van der Waals surface area contributed by atoms with Crippen molar-refractivity contribution in [2.24, 2.45) is 0 Å². The summed E-state index contributed by atoms with van der Waals surface area (Å²) in [6.07, 6.45) is -4.69. The number of H-pyrrole nitrogens is 1. The molecule has 0 bridgehead atoms. The Morgan fingerprint density at radius 1 is 1.27 bits per heavy atom. The average Bonchev–Trinajstić information content (AvgIpc) is 2.55. The molecule has 1 aromatic carbocycles. The number of carbonyl (C=O) groups is 2. The molecule has 0 radical (unpaired) electrons. The Hall–Kier alpha value is -2.81. The van der Waals surface area contributed by atoms with Crippen molar-refractivity contribution in [3.8, 4) is 0 Å². The molecule has 2 N–H and O–H groups in total. The molecule has 0 aliphatic rings. The summed E-state index contributed by atoms with van der Waals surface area (Å²) in [6.45, 7) is 1.20. The molecular formula is C16H12ClF3N2O4. The maximum absolute atomic E-state index is 12.7. The maximum atomic E-state index is 12.7. The van der Waals surface area contributed by atoms with Crippen molar-refractivity contribution in [1.82, 2.24) is 4.98 Å². The van der Waals surface area contributed by atoms with Crippen molar-refractivity contribution >= 4 is 29.2 Å². The van der Waals surface area contributed by atoms with Crippen LogP contribution in [0.15, 0.2) is 41.3 Å². The number of benzene rings is 1. The van der Waals surface area contributed by atoms with E-state index >= 15 is 0 Å². The standard InChI is InChI=1S/C16H12ClF3N2O4/c1-8(26-15(25)10-3-2-6-21-14(10)24)13(23)22-12-7-9(16(18,19)20)4-5-11(12)17/h2-8H,1H3,(H,21,24)(H,22,23)/t8-/m1/s1. The molecule has 0 spiro atoms. The molecule has 0 saturated carbocycles. The van der Waals surface area contributed by atoms with E-state index in [2.05, 4.69) is 10.3 Å². The molecule has 0 aliphatic heterocycles. The number of aromatic amines is 1. The highest BCUT2D eigenvalue weighted by Crippen LogP contribution is 2.33. The molecule has 138 valence electrons. The Labute approximate surface area is 149 Å². The number of halogens is 4. The number of hydrogen-bond acceptors (Lipinski definition) is 4. The molecule has 1 aromatic heterocycles. The van der Waals surface area contributed by atoms with Crippen LogP contribution in [0.1, 0.15) is 22.8 Å². The zero-order chi connectivity index (χ0) is 19.5. The molecule has 1 amide bonds. The highest BCUT2D eigenvalue weighted by atomic mass is 35.5. The molecule has 1 atom stereocenters. The molecule has 1 heterocycles. The number of amides is 1. The highest BCUT2D eigenvalue weighted by molar-refractivity contribution is 6.33. The number of rotatable bonds is 4. The van der Waals surface area contributed by atoms with Crippen molar-refractivity contribution in [3.05, 3.63) is 63.0 Å². The first kappa shape index (κ1) is 19.5. The van der Waals surface area contributed by atoms with Gasteiger partial charge in [0, 0.05) is 6.20 Å². The van der Waals surface area contributed by atoms with E-state index in [0.29, 0.717) is 6.07 Å². The lowest BCUT2D eigenvalue weighted by Gasteiger charge is -2.15. The van der Waals surface area contributed by atoms with E-state index in [1.807, 2.05) is 0 Å². The van der Waals surface area contributed by atoms with Gasteiger partial charge in [-0.05, 0) is 37.3 Å². The van der Waals surface area contributed by atoms with Gasteiger partial charge >= 0.3 is 12.1 Å². The minimum atomic E-state index is -4.61. The van der Waals surface area contributed by atoms with E-state index in [1.54, 1.807) is 0 Å². The monoisotopic (exact) mass is 388 g/mol. The van der Waals surface area contributed by atoms with Crippen LogP contribution in [0.4, 0.5) is 18.9 Å². The fourth-order valence-electron chi connectivity index (χ4n) is 1.89. The van der Waals surface area contributed by atoms with E-state index in [1.165, 1.54) is 25.3 Å². The molecule has 2 rings (SSSR count). The van der Waals surface area contributed by atoms with Crippen LogP contribution in [0.25, 0.3) is 0 Å². The molecule has 26 heavy (non-hydrogen) atoms. The molecule has 0 aliphatic carbocycles. The molecule has 0 unspecified atom stereocenters. The quantitative estimate of drug-likeness (QED) is 0.787. The Morgan fingerprint density at radius 3 is 2.58 bits per heavy atom. The SMILES string of the molecule is C[C@@H](OC(=O)c1ccc[nH]c1=O)C(=O)Nc1cc(C(F)(F)F)ccc1Cl. The van der Waals surface area contributed by atoms with Crippen molar-refractivity contribution in [1.29, 1.82) is 0 Å². The number of carbonyl (C=O) groups excluding carboxylic acids is 2. The average molecular weight is 389 g/mol. The molecule has 6 nitrogen and oxygen atoms in total. The van der Waals surface area contributed by atoms with Gasteiger partial charge in [-0.15, -0.1) is 0 Å². The van der Waals surface area contributed by atoms with Gasteiger partial charge in [-0.2, -0.15) is 13.2 Å². The van der Waals surface area contributed by atoms with Crippen molar-refractivity contribution in [3.63, 3.8) is 0 Å². The van der Waals surface area contributed by atoms with Crippen LogP contribution in [-0.2, 0) is 15.7 Å². The predicted molar refractivity (Wildman–Crippen MR) is 87.0 cm³/mol. The summed E-state index contributed by atoms with van der Waals surface area (Å²) in [5.74, 6) is -1.96. The number of pyridine rings is 1. The van der Waals surface area contributed by atoms with E-state index < -0.39 is 35.3 Å². The summed E-state index contributed by atoms with van der Waals surface area (Å²) in [7, 11) is 0. The molecule has 0 fully saturated rings. The third-order valence-electron chi connectivity index (χ3n) is 3.24. The third-order valence-corrected chi connectivity index (χ3v) is 3.57. The van der Waals surface area contributed by atoms with Crippen molar-refractivity contribution in [2.75, 3.05) is 5.32 Å². The first-order valence-corrected chi connectivity index (χ1v) is 7.53. The smallest absolute Gasteiger partial charge is 0.416 e. The number of nitrogens with one attached hydrogen (secondary N) is 2. The first-order valence-electron chi connectivity index (χ1n) is 7.16. The normalized spacial score (nSPS) is 12.3. The van der Waals surface area contributed by atoms with Crippen molar-refractivity contribution < 1.29 is 27.5 Å². The van der Waals surface area contributed by atoms with Gasteiger partial charge in [-0.1, -0.05) is 11.6 Å². The van der Waals surface area contributed by atoms with Crippen LogP contribution < -0.4 is 10.9 Å². The lowest BCUT2D eigenvalue weighted by molar-refractivity contribution is -0.137. The topological polar surface area (TPSA) is 88.3 Å². The number of aromatic nitrogens is 1. The molecule has 10 heteroatoms. The van der Waals surface area contributed by atoms with Crippen molar-refractivity contribution in [2.45, 2.75) is 19.2 Å². The van der Waals surface area contributed by atoms with E-state index in [0.717, 1.165) is 12.1 Å². The fourth-order valence-corrected chi connectivity index (χ4v) is 2.06. The summed E-state index contributed by atoms with van der Waals surface area (Å²) in [5, 5.41) is 2.04. The summed E-state index contributed by atoms with van der Waals surface area (Å²) in [6, 6.07) is 5.01. The summed E-state index contributed by atoms with van der Waals surface area (Å²) in [5.41, 5.74) is -2.31. The maximum Gasteiger partial charge on any atom is 0.416 e. The van der Waals surface area contributed by atoms with Gasteiger partial charge in [0.2, 0.25) is 0 Å². The van der Waals surface area contributed by atoms with Crippen LogP contribution in [0.3, 0.4) is 0 Å². The third kappa shape index (κ3) is 4.63. The van der Waals surface area contributed by atoms with E-state index in [9.17, 15) is 27.6 Å². The van der Waals surface area contributed by atoms with Gasteiger partial charge in [0.05, 0.1) is 16.3 Å². The van der Waals surface area contributed by atoms with Crippen LogP contribution in [-0.4, -0.2) is 23.0 Å². The highest BCUT2D eigenvalue weighted by Gasteiger charge is 2.31. The van der Waals surface area contributed by atoms with Gasteiger partial charge in [0.15, 0.2) is 6.10 Å². The van der Waals surface area contributed by atoms with Crippen LogP contribution in [0.2, 0.25) is 5.02 Å².